The summed E-state index contributed by atoms with van der Waals surface area (Å²) in [5, 5.41) is 3.05. The van der Waals surface area contributed by atoms with E-state index in [1.54, 1.807) is 6.07 Å². The SMILES string of the molecule is CCNc1cc(C)nc(-c2cc(F)cc(F)c2)n1. The van der Waals surface area contributed by atoms with E-state index in [-0.39, 0.29) is 0 Å². The largest absolute Gasteiger partial charge is 0.370 e. The molecule has 0 unspecified atom stereocenters. The standard InChI is InChI=1S/C13H13F2N3/c1-3-16-12-4-8(2)17-13(18-12)9-5-10(14)7-11(15)6-9/h4-7H,3H2,1-2H3,(H,16,17,18). The van der Waals surface area contributed by atoms with Crippen LogP contribution in [0.2, 0.25) is 0 Å². The van der Waals surface area contributed by atoms with Crippen molar-refractivity contribution in [1.82, 2.24) is 9.97 Å². The van der Waals surface area contributed by atoms with Crippen molar-refractivity contribution in [3.8, 4) is 11.4 Å². The van der Waals surface area contributed by atoms with Crippen molar-refractivity contribution >= 4 is 5.82 Å². The van der Waals surface area contributed by atoms with E-state index in [2.05, 4.69) is 15.3 Å². The van der Waals surface area contributed by atoms with Crippen LogP contribution in [0.5, 0.6) is 0 Å². The van der Waals surface area contributed by atoms with Gasteiger partial charge in [0.2, 0.25) is 0 Å². The van der Waals surface area contributed by atoms with Crippen LogP contribution < -0.4 is 5.32 Å². The highest BCUT2D eigenvalue weighted by molar-refractivity contribution is 5.57. The highest BCUT2D eigenvalue weighted by Crippen LogP contribution is 2.20. The van der Waals surface area contributed by atoms with Crippen LogP contribution in [0.3, 0.4) is 0 Å². The van der Waals surface area contributed by atoms with Gasteiger partial charge in [0.05, 0.1) is 0 Å². The minimum atomic E-state index is -0.639. The van der Waals surface area contributed by atoms with Gasteiger partial charge in [-0.3, -0.25) is 0 Å². The Hall–Kier alpha value is -2.04. The van der Waals surface area contributed by atoms with Gasteiger partial charge in [0.1, 0.15) is 17.5 Å². The molecule has 2 rings (SSSR count). The van der Waals surface area contributed by atoms with Gasteiger partial charge in [-0.25, -0.2) is 18.7 Å². The maximum Gasteiger partial charge on any atom is 0.161 e. The first-order chi connectivity index (χ1) is 8.58. The zero-order valence-electron chi connectivity index (χ0n) is 10.2. The van der Waals surface area contributed by atoms with Gasteiger partial charge in [0, 0.05) is 29.9 Å². The fourth-order valence-electron chi connectivity index (χ4n) is 1.65. The molecule has 2 aromatic rings. The molecule has 0 aliphatic carbocycles. The Morgan fingerprint density at radius 1 is 1.06 bits per heavy atom. The van der Waals surface area contributed by atoms with Crippen LogP contribution in [-0.4, -0.2) is 16.5 Å². The summed E-state index contributed by atoms with van der Waals surface area (Å²) >= 11 is 0. The molecule has 3 nitrogen and oxygen atoms in total. The number of aryl methyl sites for hydroxylation is 1. The summed E-state index contributed by atoms with van der Waals surface area (Å²) in [6, 6.07) is 5.04. The summed E-state index contributed by atoms with van der Waals surface area (Å²) < 4.78 is 26.3. The highest BCUT2D eigenvalue weighted by Gasteiger charge is 2.08. The first kappa shape index (κ1) is 12.4. The fraction of sp³-hybridized carbons (Fsp3) is 0.231. The van der Waals surface area contributed by atoms with Crippen LogP contribution in [0.15, 0.2) is 24.3 Å². The van der Waals surface area contributed by atoms with Gasteiger partial charge in [-0.05, 0) is 26.0 Å². The maximum absolute atomic E-state index is 13.2. The third-order valence-corrected chi connectivity index (χ3v) is 2.33. The molecule has 0 aliphatic heterocycles. The topological polar surface area (TPSA) is 37.8 Å². The molecule has 0 aliphatic rings. The molecular formula is C13H13F2N3. The Morgan fingerprint density at radius 2 is 1.72 bits per heavy atom. The van der Waals surface area contributed by atoms with Crippen LogP contribution in [0.4, 0.5) is 14.6 Å². The predicted octanol–water partition coefficient (Wildman–Crippen LogP) is 3.16. The average molecular weight is 249 g/mol. The lowest BCUT2D eigenvalue weighted by molar-refractivity contribution is 0.584. The summed E-state index contributed by atoms with van der Waals surface area (Å²) in [4.78, 5) is 8.40. The van der Waals surface area contributed by atoms with Gasteiger partial charge in [0.25, 0.3) is 0 Å². The van der Waals surface area contributed by atoms with Crippen LogP contribution in [0, 0.1) is 18.6 Å². The molecule has 0 fully saturated rings. The summed E-state index contributed by atoms with van der Waals surface area (Å²) in [7, 11) is 0. The van der Waals surface area contributed by atoms with Crippen LogP contribution in [0.25, 0.3) is 11.4 Å². The summed E-state index contributed by atoms with van der Waals surface area (Å²) in [6.07, 6.45) is 0. The molecule has 5 heteroatoms. The molecule has 18 heavy (non-hydrogen) atoms. The van der Waals surface area contributed by atoms with E-state index in [0.717, 1.165) is 11.8 Å². The van der Waals surface area contributed by atoms with Gasteiger partial charge >= 0.3 is 0 Å². The maximum atomic E-state index is 13.2. The average Bonchev–Trinajstić information content (AvgIpc) is 2.27. The molecule has 0 amide bonds. The fourth-order valence-corrected chi connectivity index (χ4v) is 1.65. The Morgan fingerprint density at radius 3 is 2.33 bits per heavy atom. The number of hydrogen-bond donors (Lipinski definition) is 1. The monoisotopic (exact) mass is 249 g/mol. The second-order valence-electron chi connectivity index (χ2n) is 3.91. The number of benzene rings is 1. The smallest absolute Gasteiger partial charge is 0.161 e. The Labute approximate surface area is 104 Å². The molecule has 94 valence electrons. The Kier molecular flexibility index (Phi) is 3.50. The van der Waals surface area contributed by atoms with E-state index >= 15 is 0 Å². The predicted molar refractivity (Wildman–Crippen MR) is 66.3 cm³/mol. The number of anilines is 1. The van der Waals surface area contributed by atoms with Gasteiger partial charge in [0.15, 0.2) is 5.82 Å². The van der Waals surface area contributed by atoms with Gasteiger partial charge in [-0.15, -0.1) is 0 Å². The third kappa shape index (κ3) is 2.80. The number of halogens is 2. The van der Waals surface area contributed by atoms with E-state index < -0.39 is 11.6 Å². The van der Waals surface area contributed by atoms with Crippen LogP contribution >= 0.6 is 0 Å². The zero-order chi connectivity index (χ0) is 13.1. The van der Waals surface area contributed by atoms with Crippen molar-refractivity contribution in [2.45, 2.75) is 13.8 Å². The summed E-state index contributed by atoms with van der Waals surface area (Å²) in [5.74, 6) is -0.325. The summed E-state index contributed by atoms with van der Waals surface area (Å²) in [5.41, 5.74) is 1.07. The molecule has 1 heterocycles. The van der Waals surface area contributed by atoms with Gasteiger partial charge < -0.3 is 5.32 Å². The zero-order valence-corrected chi connectivity index (χ0v) is 10.2. The van der Waals surface area contributed by atoms with Crippen molar-refractivity contribution in [2.75, 3.05) is 11.9 Å². The Bertz CT molecular complexity index is 550. The van der Waals surface area contributed by atoms with Gasteiger partial charge in [-0.2, -0.15) is 0 Å². The van der Waals surface area contributed by atoms with E-state index in [9.17, 15) is 8.78 Å². The molecule has 0 radical (unpaired) electrons. The molecule has 1 N–H and O–H groups in total. The minimum absolute atomic E-state index is 0.310. The molecule has 0 spiro atoms. The van der Waals surface area contributed by atoms with E-state index in [1.165, 1.54) is 12.1 Å². The summed E-state index contributed by atoms with van der Waals surface area (Å²) in [6.45, 7) is 4.47. The van der Waals surface area contributed by atoms with Crippen LogP contribution in [0.1, 0.15) is 12.6 Å². The minimum Gasteiger partial charge on any atom is -0.370 e. The van der Waals surface area contributed by atoms with Crippen molar-refractivity contribution in [3.05, 3.63) is 41.6 Å². The lowest BCUT2D eigenvalue weighted by Gasteiger charge is -2.07. The number of nitrogens with one attached hydrogen (secondary N) is 1. The van der Waals surface area contributed by atoms with Crippen molar-refractivity contribution in [2.24, 2.45) is 0 Å². The second kappa shape index (κ2) is 5.08. The quantitative estimate of drug-likeness (QED) is 0.908. The molecule has 1 aromatic heterocycles. The molecule has 0 bridgehead atoms. The lowest BCUT2D eigenvalue weighted by atomic mass is 10.2. The number of rotatable bonds is 3. The van der Waals surface area contributed by atoms with Crippen molar-refractivity contribution < 1.29 is 8.78 Å². The molecule has 1 aromatic carbocycles. The van der Waals surface area contributed by atoms with E-state index in [1.807, 2.05) is 13.8 Å². The van der Waals surface area contributed by atoms with Gasteiger partial charge in [-0.1, -0.05) is 0 Å². The molecule has 0 saturated heterocycles. The van der Waals surface area contributed by atoms with E-state index in [0.29, 0.717) is 23.8 Å². The Balaban J connectivity index is 2.49. The molecule has 0 saturated carbocycles. The number of nitrogens with zero attached hydrogens (tertiary/aromatic N) is 2. The lowest BCUT2D eigenvalue weighted by Crippen LogP contribution is -2.02. The first-order valence-corrected chi connectivity index (χ1v) is 5.64. The van der Waals surface area contributed by atoms with Crippen molar-refractivity contribution in [3.63, 3.8) is 0 Å². The molecular weight excluding hydrogens is 236 g/mol. The third-order valence-electron chi connectivity index (χ3n) is 2.33. The van der Waals surface area contributed by atoms with Crippen molar-refractivity contribution in [1.29, 1.82) is 0 Å². The van der Waals surface area contributed by atoms with Crippen LogP contribution in [-0.2, 0) is 0 Å². The molecule has 0 atom stereocenters. The number of aromatic nitrogens is 2. The van der Waals surface area contributed by atoms with E-state index in [4.69, 9.17) is 0 Å². The number of hydrogen-bond acceptors (Lipinski definition) is 3. The highest BCUT2D eigenvalue weighted by atomic mass is 19.1. The normalized spacial score (nSPS) is 10.4. The second-order valence-corrected chi connectivity index (χ2v) is 3.91. The first-order valence-electron chi connectivity index (χ1n) is 5.64.